The second-order valence-corrected chi connectivity index (χ2v) is 7.01. The molecule has 1 aromatic carbocycles. The largest absolute Gasteiger partial charge is 0.488 e. The molecule has 0 saturated carbocycles. The number of hydrogen-bond acceptors (Lipinski definition) is 5. The normalized spacial score (nSPS) is 11.4. The Morgan fingerprint density at radius 3 is 2.86 bits per heavy atom. The number of rotatable bonds is 7. The van der Waals surface area contributed by atoms with Gasteiger partial charge in [0.2, 0.25) is 0 Å². The second kappa shape index (κ2) is 8.79. The van der Waals surface area contributed by atoms with Gasteiger partial charge < -0.3 is 9.30 Å². The topological polar surface area (TPSA) is 64.7 Å². The lowest BCUT2D eigenvalue weighted by Gasteiger charge is -2.13. The minimum absolute atomic E-state index is 0.159. The number of ether oxygens (including phenoxy) is 1. The molecule has 3 rings (SSSR count). The number of halogens is 1. The van der Waals surface area contributed by atoms with Gasteiger partial charge in [0.1, 0.15) is 12.4 Å². The highest BCUT2D eigenvalue weighted by molar-refractivity contribution is 6.32. The molecule has 150 valence electrons. The van der Waals surface area contributed by atoms with Gasteiger partial charge in [-0.15, -0.1) is 0 Å². The summed E-state index contributed by atoms with van der Waals surface area (Å²) < 4.78 is 9.14. The van der Waals surface area contributed by atoms with Crippen molar-refractivity contribution >= 4 is 18.3 Å². The van der Waals surface area contributed by atoms with Crippen molar-refractivity contribution in [1.29, 1.82) is 0 Å². The SMILES string of the molecule is C=NN(C)/C=C(\C)COc1cc(=O)n(C)cc1-c1cnn(-c2ccccc2Cl)c1. The number of hydrogen-bond donors (Lipinski definition) is 0. The maximum Gasteiger partial charge on any atom is 0.254 e. The third-order valence-electron chi connectivity index (χ3n) is 4.27. The molecular formula is C21H22ClN5O2. The molecule has 8 heteroatoms. The third-order valence-corrected chi connectivity index (χ3v) is 4.59. The Kier molecular flexibility index (Phi) is 6.19. The maximum absolute atomic E-state index is 12.2. The fourth-order valence-electron chi connectivity index (χ4n) is 2.77. The van der Waals surface area contributed by atoms with Crippen molar-refractivity contribution in [3.8, 4) is 22.6 Å². The van der Waals surface area contributed by atoms with E-state index < -0.39 is 0 Å². The first-order chi connectivity index (χ1) is 13.9. The van der Waals surface area contributed by atoms with E-state index in [0.29, 0.717) is 17.4 Å². The molecule has 0 fully saturated rings. The van der Waals surface area contributed by atoms with Crippen LogP contribution in [0.1, 0.15) is 6.92 Å². The van der Waals surface area contributed by atoms with Gasteiger partial charge in [-0.1, -0.05) is 23.7 Å². The molecule has 2 heterocycles. The van der Waals surface area contributed by atoms with Crippen LogP contribution in [0.15, 0.2) is 70.6 Å². The van der Waals surface area contributed by atoms with Gasteiger partial charge in [0.15, 0.2) is 0 Å². The molecule has 0 unspecified atom stereocenters. The highest BCUT2D eigenvalue weighted by Gasteiger charge is 2.13. The predicted octanol–water partition coefficient (Wildman–Crippen LogP) is 3.72. The van der Waals surface area contributed by atoms with Crippen LogP contribution in [0.2, 0.25) is 5.02 Å². The van der Waals surface area contributed by atoms with E-state index in [1.165, 1.54) is 10.6 Å². The van der Waals surface area contributed by atoms with E-state index in [2.05, 4.69) is 16.9 Å². The van der Waals surface area contributed by atoms with Gasteiger partial charge in [-0.25, -0.2) is 4.68 Å². The molecule has 7 nitrogen and oxygen atoms in total. The Labute approximate surface area is 174 Å². The van der Waals surface area contributed by atoms with Crippen molar-refractivity contribution in [2.75, 3.05) is 13.7 Å². The van der Waals surface area contributed by atoms with Crippen molar-refractivity contribution in [3.05, 3.63) is 76.1 Å². The Morgan fingerprint density at radius 1 is 1.38 bits per heavy atom. The molecular weight excluding hydrogens is 390 g/mol. The second-order valence-electron chi connectivity index (χ2n) is 6.60. The van der Waals surface area contributed by atoms with Gasteiger partial charge in [-0.3, -0.25) is 9.80 Å². The van der Waals surface area contributed by atoms with Crippen LogP contribution in [-0.4, -0.2) is 39.7 Å². The van der Waals surface area contributed by atoms with Crippen molar-refractivity contribution in [2.45, 2.75) is 6.92 Å². The first kappa shape index (κ1) is 20.4. The molecule has 3 aromatic rings. The number of aromatic nitrogens is 3. The molecule has 0 atom stereocenters. The summed E-state index contributed by atoms with van der Waals surface area (Å²) in [5, 5.41) is 10.4. The van der Waals surface area contributed by atoms with Gasteiger partial charge >= 0.3 is 0 Å². The number of aryl methyl sites for hydroxylation is 1. The first-order valence-electron chi connectivity index (χ1n) is 8.89. The van der Waals surface area contributed by atoms with Crippen molar-refractivity contribution in [2.24, 2.45) is 12.1 Å². The van der Waals surface area contributed by atoms with E-state index in [1.54, 1.807) is 36.2 Å². The van der Waals surface area contributed by atoms with E-state index in [9.17, 15) is 4.79 Å². The Hall–Kier alpha value is -3.32. The summed E-state index contributed by atoms with van der Waals surface area (Å²) in [4.78, 5) is 12.2. The Morgan fingerprint density at radius 2 is 2.14 bits per heavy atom. The molecule has 0 saturated heterocycles. The van der Waals surface area contributed by atoms with Gasteiger partial charge in [-0.2, -0.15) is 10.2 Å². The average molecular weight is 412 g/mol. The van der Waals surface area contributed by atoms with E-state index in [0.717, 1.165) is 22.4 Å². The zero-order chi connectivity index (χ0) is 21.0. The average Bonchev–Trinajstić information content (AvgIpc) is 3.18. The van der Waals surface area contributed by atoms with Crippen molar-refractivity contribution in [1.82, 2.24) is 19.4 Å². The summed E-state index contributed by atoms with van der Waals surface area (Å²) in [6, 6.07) is 8.93. The fourth-order valence-corrected chi connectivity index (χ4v) is 2.99. The van der Waals surface area contributed by atoms with Gasteiger partial charge in [0.25, 0.3) is 5.56 Å². The van der Waals surface area contributed by atoms with Crippen LogP contribution >= 0.6 is 11.6 Å². The summed E-state index contributed by atoms with van der Waals surface area (Å²) in [5.41, 5.74) is 3.11. The molecule has 0 N–H and O–H groups in total. The standard InChI is InChI=1S/C21H22ClN5O2/c1-15(11-26(4)23-2)14-29-20-9-21(28)25(3)13-17(20)16-10-24-27(12-16)19-8-6-5-7-18(19)22/h5-13H,2,14H2,1,3-4H3/b15-11+. The minimum atomic E-state index is -0.159. The molecule has 0 spiro atoms. The molecule has 0 aliphatic carbocycles. The van der Waals surface area contributed by atoms with Crippen molar-refractivity contribution < 1.29 is 4.74 Å². The molecule has 29 heavy (non-hydrogen) atoms. The summed E-state index contributed by atoms with van der Waals surface area (Å²) in [7, 11) is 3.48. The Balaban J connectivity index is 1.95. The smallest absolute Gasteiger partial charge is 0.254 e. The number of benzene rings is 1. The fraction of sp³-hybridized carbons (Fsp3) is 0.190. The van der Waals surface area contributed by atoms with E-state index in [4.69, 9.17) is 16.3 Å². The molecule has 0 radical (unpaired) electrons. The van der Waals surface area contributed by atoms with Crippen LogP contribution < -0.4 is 10.3 Å². The van der Waals surface area contributed by atoms with Crippen LogP contribution in [0.5, 0.6) is 5.75 Å². The zero-order valence-corrected chi connectivity index (χ0v) is 17.3. The van der Waals surface area contributed by atoms with Crippen LogP contribution in [0.3, 0.4) is 0 Å². The number of nitrogens with zero attached hydrogens (tertiary/aromatic N) is 5. The van der Waals surface area contributed by atoms with Crippen molar-refractivity contribution in [3.63, 3.8) is 0 Å². The van der Waals surface area contributed by atoms with E-state index in [-0.39, 0.29) is 5.56 Å². The minimum Gasteiger partial charge on any atom is -0.488 e. The summed E-state index contributed by atoms with van der Waals surface area (Å²) in [6.45, 7) is 5.69. The first-order valence-corrected chi connectivity index (χ1v) is 9.27. The number of para-hydroxylation sites is 1. The quantitative estimate of drug-likeness (QED) is 0.439. The summed E-state index contributed by atoms with van der Waals surface area (Å²) in [5.74, 6) is 0.480. The lowest BCUT2D eigenvalue weighted by Crippen LogP contribution is -2.16. The van der Waals surface area contributed by atoms with Crippen LogP contribution in [0.4, 0.5) is 0 Å². The van der Waals surface area contributed by atoms with Gasteiger partial charge in [0.05, 0.1) is 16.9 Å². The highest BCUT2D eigenvalue weighted by Crippen LogP contribution is 2.30. The van der Waals surface area contributed by atoms with Crippen LogP contribution in [0, 0.1) is 0 Å². The van der Waals surface area contributed by atoms with Crippen LogP contribution in [-0.2, 0) is 7.05 Å². The van der Waals surface area contributed by atoms with Gasteiger partial charge in [0, 0.05) is 56.6 Å². The lowest BCUT2D eigenvalue weighted by molar-refractivity contribution is 0.347. The highest BCUT2D eigenvalue weighted by atomic mass is 35.5. The van der Waals surface area contributed by atoms with E-state index in [1.807, 2.05) is 43.6 Å². The molecule has 0 amide bonds. The number of pyridine rings is 1. The molecule has 0 bridgehead atoms. The number of hydrazone groups is 1. The summed E-state index contributed by atoms with van der Waals surface area (Å²) >= 11 is 6.28. The zero-order valence-electron chi connectivity index (χ0n) is 16.5. The molecule has 0 aliphatic rings. The monoisotopic (exact) mass is 411 g/mol. The third kappa shape index (κ3) is 4.75. The lowest BCUT2D eigenvalue weighted by atomic mass is 10.1. The maximum atomic E-state index is 12.2. The predicted molar refractivity (Wildman–Crippen MR) is 116 cm³/mol. The molecule has 2 aromatic heterocycles. The molecule has 0 aliphatic heterocycles. The Bertz CT molecular complexity index is 1120. The van der Waals surface area contributed by atoms with Gasteiger partial charge in [-0.05, 0) is 24.6 Å². The van der Waals surface area contributed by atoms with E-state index >= 15 is 0 Å². The summed E-state index contributed by atoms with van der Waals surface area (Å²) in [6.07, 6.45) is 7.12. The van der Waals surface area contributed by atoms with Crippen LogP contribution in [0.25, 0.3) is 16.8 Å².